The van der Waals surface area contributed by atoms with Crippen LogP contribution in [0, 0.1) is 12.7 Å². The predicted molar refractivity (Wildman–Crippen MR) is 120 cm³/mol. The van der Waals surface area contributed by atoms with E-state index in [9.17, 15) is 26.0 Å². The van der Waals surface area contributed by atoms with Crippen LogP contribution in [-0.4, -0.2) is 29.3 Å². The smallest absolute Gasteiger partial charge is 0.262 e. The van der Waals surface area contributed by atoms with Gasteiger partial charge in [-0.3, -0.25) is 9.52 Å². The molecule has 0 heterocycles. The van der Waals surface area contributed by atoms with Crippen molar-refractivity contribution in [3.05, 3.63) is 78.1 Å². The number of benzene rings is 3. The number of hydrogen-bond acceptors (Lipinski definition) is 6. The van der Waals surface area contributed by atoms with Crippen LogP contribution in [0.3, 0.4) is 0 Å². The fourth-order valence-electron chi connectivity index (χ4n) is 2.75. The van der Waals surface area contributed by atoms with E-state index in [4.69, 9.17) is 9.88 Å². The molecule has 0 saturated heterocycles. The second-order valence-electron chi connectivity index (χ2n) is 6.95. The highest BCUT2D eigenvalue weighted by atomic mass is 32.2. The number of aryl methyl sites for hydroxylation is 1. The summed E-state index contributed by atoms with van der Waals surface area (Å²) < 4.78 is 68.4. The van der Waals surface area contributed by atoms with Gasteiger partial charge in [0.2, 0.25) is 10.0 Å². The molecule has 12 heteroatoms. The molecule has 0 radical (unpaired) electrons. The van der Waals surface area contributed by atoms with E-state index in [0.29, 0.717) is 17.0 Å². The van der Waals surface area contributed by atoms with Gasteiger partial charge in [-0.2, -0.15) is 0 Å². The molecule has 0 aliphatic heterocycles. The predicted octanol–water partition coefficient (Wildman–Crippen LogP) is 2.60. The highest BCUT2D eigenvalue weighted by Crippen LogP contribution is 2.24. The Balaban J connectivity index is 1.61. The molecule has 0 aliphatic rings. The molecular weight excluding hydrogens is 473 g/mol. The second-order valence-corrected chi connectivity index (χ2v) is 10.2. The number of hydrogen-bond donors (Lipinski definition) is 3. The number of halogens is 1. The molecule has 0 bridgehead atoms. The number of sulfonamides is 2. The fourth-order valence-corrected chi connectivity index (χ4v) is 4.41. The molecule has 9 nitrogen and oxygen atoms in total. The van der Waals surface area contributed by atoms with Crippen molar-refractivity contribution in [1.29, 1.82) is 0 Å². The topological polar surface area (TPSA) is 145 Å². The molecule has 0 aromatic heterocycles. The number of carbonyl (C=O) groups is 1. The van der Waals surface area contributed by atoms with Crippen LogP contribution in [0.25, 0.3) is 0 Å². The van der Waals surface area contributed by atoms with Crippen LogP contribution in [0.2, 0.25) is 0 Å². The Labute approximate surface area is 190 Å². The maximum atomic E-state index is 13.0. The molecule has 0 saturated carbocycles. The molecule has 33 heavy (non-hydrogen) atoms. The maximum Gasteiger partial charge on any atom is 0.262 e. The van der Waals surface area contributed by atoms with Crippen LogP contribution in [-0.2, 0) is 24.8 Å². The van der Waals surface area contributed by atoms with Crippen LogP contribution in [0.15, 0.2) is 76.5 Å². The van der Waals surface area contributed by atoms with Crippen molar-refractivity contribution in [2.45, 2.75) is 16.7 Å². The summed E-state index contributed by atoms with van der Waals surface area (Å²) in [7, 11) is -7.74. The lowest BCUT2D eigenvalue weighted by atomic mass is 10.2. The van der Waals surface area contributed by atoms with Crippen LogP contribution >= 0.6 is 0 Å². The number of rotatable bonds is 8. The average Bonchev–Trinajstić information content (AvgIpc) is 2.74. The molecule has 3 aromatic rings. The van der Waals surface area contributed by atoms with Gasteiger partial charge in [0.05, 0.1) is 9.79 Å². The minimum Gasteiger partial charge on any atom is -0.483 e. The van der Waals surface area contributed by atoms with Crippen LogP contribution in [0.1, 0.15) is 5.56 Å². The summed E-state index contributed by atoms with van der Waals surface area (Å²) in [4.78, 5) is 12.0. The van der Waals surface area contributed by atoms with Gasteiger partial charge < -0.3 is 10.1 Å². The van der Waals surface area contributed by atoms with Crippen LogP contribution in [0.4, 0.5) is 15.8 Å². The Morgan fingerprint density at radius 3 is 2.06 bits per heavy atom. The normalized spacial score (nSPS) is 11.6. The number of primary sulfonamides is 1. The lowest BCUT2D eigenvalue weighted by Gasteiger charge is -2.12. The molecule has 0 aliphatic carbocycles. The Morgan fingerprint density at radius 2 is 1.48 bits per heavy atom. The van der Waals surface area contributed by atoms with Crippen LogP contribution in [0.5, 0.6) is 5.75 Å². The average molecular weight is 494 g/mol. The number of anilines is 2. The summed E-state index contributed by atoms with van der Waals surface area (Å²) in [5, 5.41) is 7.57. The van der Waals surface area contributed by atoms with E-state index < -0.39 is 31.8 Å². The molecule has 4 N–H and O–H groups in total. The highest BCUT2D eigenvalue weighted by molar-refractivity contribution is 7.92. The van der Waals surface area contributed by atoms with Crippen molar-refractivity contribution in [2.24, 2.45) is 5.14 Å². The van der Waals surface area contributed by atoms with Gasteiger partial charge in [-0.1, -0.05) is 0 Å². The first-order chi connectivity index (χ1) is 15.4. The van der Waals surface area contributed by atoms with Crippen molar-refractivity contribution in [3.8, 4) is 5.75 Å². The number of nitrogens with two attached hydrogens (primary N) is 1. The fraction of sp³-hybridized carbons (Fsp3) is 0.0952. The summed E-state index contributed by atoms with van der Waals surface area (Å²) >= 11 is 0. The Kier molecular flexibility index (Phi) is 7.01. The zero-order valence-electron chi connectivity index (χ0n) is 17.3. The first kappa shape index (κ1) is 24.2. The van der Waals surface area contributed by atoms with Gasteiger partial charge >= 0.3 is 0 Å². The van der Waals surface area contributed by atoms with Gasteiger partial charge in [0.1, 0.15) is 11.6 Å². The highest BCUT2D eigenvalue weighted by Gasteiger charge is 2.16. The number of carbonyl (C=O) groups excluding carboxylic acids is 1. The van der Waals surface area contributed by atoms with Gasteiger partial charge in [0, 0.05) is 11.4 Å². The first-order valence-corrected chi connectivity index (χ1v) is 12.4. The molecule has 1 amide bonds. The van der Waals surface area contributed by atoms with E-state index in [1.807, 2.05) is 0 Å². The Bertz CT molecular complexity index is 1370. The molecule has 0 spiro atoms. The lowest BCUT2D eigenvalue weighted by molar-refractivity contribution is -0.118. The number of nitrogens with one attached hydrogen (secondary N) is 2. The number of amides is 1. The van der Waals surface area contributed by atoms with Crippen molar-refractivity contribution in [1.82, 2.24) is 0 Å². The summed E-state index contributed by atoms with van der Waals surface area (Å²) in [5.41, 5.74) is 1.03. The van der Waals surface area contributed by atoms with Crippen molar-refractivity contribution < 1.29 is 30.8 Å². The van der Waals surface area contributed by atoms with E-state index in [1.54, 1.807) is 6.92 Å². The lowest BCUT2D eigenvalue weighted by Crippen LogP contribution is -2.20. The van der Waals surface area contributed by atoms with E-state index in [-0.39, 0.29) is 22.1 Å². The molecule has 0 atom stereocenters. The first-order valence-electron chi connectivity index (χ1n) is 9.38. The van der Waals surface area contributed by atoms with Gasteiger partial charge in [-0.05, 0) is 79.2 Å². The molecule has 0 unspecified atom stereocenters. The van der Waals surface area contributed by atoms with E-state index in [1.165, 1.54) is 54.6 Å². The largest absolute Gasteiger partial charge is 0.483 e. The minimum atomic E-state index is -3.91. The van der Waals surface area contributed by atoms with Gasteiger partial charge in [-0.15, -0.1) is 0 Å². The summed E-state index contributed by atoms with van der Waals surface area (Å²) in [6.07, 6.45) is 0. The zero-order valence-corrected chi connectivity index (χ0v) is 18.9. The van der Waals surface area contributed by atoms with Crippen molar-refractivity contribution >= 4 is 37.3 Å². The molecule has 3 aromatic carbocycles. The third-order valence-corrected chi connectivity index (χ3v) is 6.69. The standard InChI is InChI=1S/C21H20FN3O6S2/c1-14-12-19(33(29,30)25-17-4-2-15(22)3-5-17)10-11-20(14)31-13-21(26)24-16-6-8-18(9-7-16)32(23,27)28/h2-12,25H,13H2,1H3,(H,24,26)(H2,23,27,28). The van der Waals surface area contributed by atoms with Gasteiger partial charge in [0.15, 0.2) is 6.61 Å². The van der Waals surface area contributed by atoms with E-state index >= 15 is 0 Å². The third-order valence-electron chi connectivity index (χ3n) is 4.38. The number of ether oxygens (including phenoxy) is 1. The van der Waals surface area contributed by atoms with Gasteiger partial charge in [-0.25, -0.2) is 26.4 Å². The summed E-state index contributed by atoms with van der Waals surface area (Å²) in [5.74, 6) is -0.692. The summed E-state index contributed by atoms with van der Waals surface area (Å²) in [6, 6.07) is 14.3. The van der Waals surface area contributed by atoms with Crippen LogP contribution < -0.4 is 19.9 Å². The molecule has 3 rings (SSSR count). The molecule has 174 valence electrons. The zero-order chi connectivity index (χ0) is 24.2. The third kappa shape index (κ3) is 6.51. The summed E-state index contributed by atoms with van der Waals surface area (Å²) in [6.45, 7) is 1.26. The molecular formula is C21H20FN3O6S2. The minimum absolute atomic E-state index is 0.0314. The van der Waals surface area contributed by atoms with E-state index in [2.05, 4.69) is 10.0 Å². The maximum absolute atomic E-state index is 13.0. The van der Waals surface area contributed by atoms with Crippen molar-refractivity contribution in [3.63, 3.8) is 0 Å². The quantitative estimate of drug-likeness (QED) is 0.440. The monoisotopic (exact) mass is 493 g/mol. The molecule has 0 fully saturated rings. The van der Waals surface area contributed by atoms with Gasteiger partial charge in [0.25, 0.3) is 15.9 Å². The Hall–Kier alpha value is -3.48. The van der Waals surface area contributed by atoms with Crippen molar-refractivity contribution in [2.75, 3.05) is 16.6 Å². The SMILES string of the molecule is Cc1cc(S(=O)(=O)Nc2ccc(F)cc2)ccc1OCC(=O)Nc1ccc(S(N)(=O)=O)cc1. The second kappa shape index (κ2) is 9.57. The van der Waals surface area contributed by atoms with E-state index in [0.717, 1.165) is 12.1 Å². The Morgan fingerprint density at radius 1 is 0.909 bits per heavy atom.